The highest BCUT2D eigenvalue weighted by Gasteiger charge is 2.16. The first-order valence-corrected chi connectivity index (χ1v) is 8.50. The van der Waals surface area contributed by atoms with Crippen LogP contribution in [0.1, 0.15) is 27.5 Å². The van der Waals surface area contributed by atoms with Crippen LogP contribution in [0.4, 0.5) is 0 Å². The van der Waals surface area contributed by atoms with Crippen molar-refractivity contribution in [1.82, 2.24) is 4.57 Å². The van der Waals surface area contributed by atoms with E-state index >= 15 is 0 Å². The number of Topliss-reactive ketones (excluding diaryl/α,β-unsaturated/α-hetero) is 1. The molecule has 0 bridgehead atoms. The number of carbonyl (C=O) groups is 2. The Labute approximate surface area is 154 Å². The van der Waals surface area contributed by atoms with Crippen molar-refractivity contribution in [1.29, 1.82) is 0 Å². The highest BCUT2D eigenvalue weighted by Crippen LogP contribution is 2.17. The second kappa shape index (κ2) is 8.82. The van der Waals surface area contributed by atoms with Crippen LogP contribution in [0.5, 0.6) is 0 Å². The predicted octanol–water partition coefficient (Wildman–Crippen LogP) is 3.55. The Kier molecular flexibility index (Phi) is 6.78. The van der Waals surface area contributed by atoms with Crippen LogP contribution in [-0.4, -0.2) is 36.6 Å². The Morgan fingerprint density at radius 1 is 1.32 bits per heavy atom. The minimum absolute atomic E-state index is 0.237. The number of carbonyl (C=O) groups excluding carboxylic acids is 2. The van der Waals surface area contributed by atoms with Gasteiger partial charge in [-0.1, -0.05) is 0 Å². The summed E-state index contributed by atoms with van der Waals surface area (Å²) in [6.07, 6.45) is 2.70. The molecule has 0 aliphatic heterocycles. The molecule has 7 heteroatoms. The third-order valence-corrected chi connectivity index (χ3v) is 4.14. The average Bonchev–Trinajstić information content (AvgIpc) is 3.12. The molecule has 2 rings (SSSR count). The summed E-state index contributed by atoms with van der Waals surface area (Å²) in [5.74, 6) is -0.329. The first kappa shape index (κ1) is 19.2. The summed E-state index contributed by atoms with van der Waals surface area (Å²) in [4.78, 5) is 24.0. The van der Waals surface area contributed by atoms with Gasteiger partial charge in [0.2, 0.25) is 5.78 Å². The molecule has 0 saturated carbocycles. The average molecular weight is 410 g/mol. The van der Waals surface area contributed by atoms with Gasteiger partial charge in [0.25, 0.3) is 0 Å². The first-order valence-electron chi connectivity index (χ1n) is 7.71. The number of halogens is 1. The Bertz CT molecular complexity index is 787. The molecule has 0 aromatic carbocycles. The maximum absolute atomic E-state index is 12.3. The van der Waals surface area contributed by atoms with E-state index in [9.17, 15) is 9.59 Å². The molecule has 0 radical (unpaired) electrons. The second-order valence-corrected chi connectivity index (χ2v) is 6.22. The summed E-state index contributed by atoms with van der Waals surface area (Å²) >= 11 is 3.17. The van der Waals surface area contributed by atoms with Gasteiger partial charge in [0, 0.05) is 36.7 Å². The Balaban J connectivity index is 1.93. The van der Waals surface area contributed by atoms with Gasteiger partial charge in [0.1, 0.15) is 5.76 Å². The summed E-state index contributed by atoms with van der Waals surface area (Å²) in [6.45, 7) is 4.72. The fourth-order valence-corrected chi connectivity index (χ4v) is 2.76. The normalized spacial score (nSPS) is 11.2. The number of furan rings is 1. The van der Waals surface area contributed by atoms with Crippen molar-refractivity contribution in [2.45, 2.75) is 20.4 Å². The minimum atomic E-state index is -0.603. The zero-order valence-electron chi connectivity index (χ0n) is 14.4. The quantitative estimate of drug-likeness (QED) is 0.378. The maximum atomic E-state index is 12.3. The Morgan fingerprint density at radius 2 is 2.08 bits per heavy atom. The van der Waals surface area contributed by atoms with Gasteiger partial charge in [-0.25, -0.2) is 4.79 Å². The molecule has 134 valence electrons. The van der Waals surface area contributed by atoms with E-state index in [0.29, 0.717) is 29.1 Å². The SMILES string of the molecule is COCCn1c(C)cc(C(=O)COC(=O)C=Cc2ccc(Br)o2)c1C. The predicted molar refractivity (Wildman–Crippen MR) is 96.5 cm³/mol. The second-order valence-electron chi connectivity index (χ2n) is 5.44. The Hall–Kier alpha value is -2.12. The van der Waals surface area contributed by atoms with Crippen molar-refractivity contribution in [2.75, 3.05) is 20.3 Å². The number of aryl methyl sites for hydroxylation is 1. The van der Waals surface area contributed by atoms with Crippen LogP contribution in [0.15, 0.2) is 33.4 Å². The van der Waals surface area contributed by atoms with Crippen LogP contribution >= 0.6 is 15.9 Å². The number of ether oxygens (including phenoxy) is 2. The van der Waals surface area contributed by atoms with E-state index in [4.69, 9.17) is 13.9 Å². The van der Waals surface area contributed by atoms with Crippen LogP contribution in [0.3, 0.4) is 0 Å². The van der Waals surface area contributed by atoms with Crippen LogP contribution in [0.2, 0.25) is 0 Å². The summed E-state index contributed by atoms with van der Waals surface area (Å²) in [6, 6.07) is 5.22. The molecule has 25 heavy (non-hydrogen) atoms. The van der Waals surface area contributed by atoms with Gasteiger partial charge in [0.15, 0.2) is 11.3 Å². The van der Waals surface area contributed by atoms with Gasteiger partial charge in [-0.2, -0.15) is 0 Å². The smallest absolute Gasteiger partial charge is 0.331 e. The van der Waals surface area contributed by atoms with Gasteiger partial charge in [-0.3, -0.25) is 4.79 Å². The van der Waals surface area contributed by atoms with E-state index in [1.54, 1.807) is 25.3 Å². The number of hydrogen-bond acceptors (Lipinski definition) is 5. The number of ketones is 1. The molecule has 2 aromatic rings. The molecule has 0 aliphatic rings. The van der Waals surface area contributed by atoms with E-state index < -0.39 is 5.97 Å². The lowest BCUT2D eigenvalue weighted by Crippen LogP contribution is -2.14. The maximum Gasteiger partial charge on any atom is 0.331 e. The third-order valence-electron chi connectivity index (χ3n) is 3.72. The fraction of sp³-hybridized carbons (Fsp3) is 0.333. The van der Waals surface area contributed by atoms with Gasteiger partial charge in [0.05, 0.1) is 6.61 Å². The molecule has 2 heterocycles. The molecule has 0 fully saturated rings. The van der Waals surface area contributed by atoms with E-state index in [-0.39, 0.29) is 12.4 Å². The number of rotatable bonds is 8. The Morgan fingerprint density at radius 3 is 2.72 bits per heavy atom. The monoisotopic (exact) mass is 409 g/mol. The van der Waals surface area contributed by atoms with Crippen molar-refractivity contribution in [3.63, 3.8) is 0 Å². The standard InChI is InChI=1S/C18H20BrNO5/c1-12-10-15(13(2)20(12)8-9-23-3)16(21)11-24-18(22)7-5-14-4-6-17(19)25-14/h4-7,10H,8-9,11H2,1-3H3. The summed E-state index contributed by atoms with van der Waals surface area (Å²) in [7, 11) is 1.63. The summed E-state index contributed by atoms with van der Waals surface area (Å²) in [5, 5.41) is 0. The number of aromatic nitrogens is 1. The lowest BCUT2D eigenvalue weighted by molar-refractivity contribution is -0.136. The number of hydrogen-bond donors (Lipinski definition) is 0. The molecule has 0 N–H and O–H groups in total. The summed E-state index contributed by atoms with van der Waals surface area (Å²) < 4.78 is 17.9. The van der Waals surface area contributed by atoms with Crippen LogP contribution in [-0.2, 0) is 20.8 Å². The molecule has 0 spiro atoms. The van der Waals surface area contributed by atoms with Crippen molar-refractivity contribution in [3.05, 3.63) is 51.7 Å². The lowest BCUT2D eigenvalue weighted by Gasteiger charge is -2.08. The molecule has 0 saturated heterocycles. The van der Waals surface area contributed by atoms with Gasteiger partial charge < -0.3 is 18.5 Å². The molecule has 0 amide bonds. The number of esters is 1. The molecule has 0 atom stereocenters. The fourth-order valence-electron chi connectivity index (χ4n) is 2.44. The van der Waals surface area contributed by atoms with Crippen molar-refractivity contribution >= 4 is 33.8 Å². The van der Waals surface area contributed by atoms with Gasteiger partial charge in [-0.15, -0.1) is 0 Å². The van der Waals surface area contributed by atoms with E-state index in [0.717, 1.165) is 11.4 Å². The zero-order valence-corrected chi connectivity index (χ0v) is 16.0. The molecule has 6 nitrogen and oxygen atoms in total. The first-order chi connectivity index (χ1) is 11.9. The largest absolute Gasteiger partial charge is 0.454 e. The van der Waals surface area contributed by atoms with Crippen LogP contribution < -0.4 is 0 Å². The summed E-state index contributed by atoms with van der Waals surface area (Å²) in [5.41, 5.74) is 2.36. The van der Waals surface area contributed by atoms with Crippen LogP contribution in [0, 0.1) is 13.8 Å². The van der Waals surface area contributed by atoms with Crippen molar-refractivity contribution in [3.8, 4) is 0 Å². The number of methoxy groups -OCH3 is 1. The molecule has 2 aromatic heterocycles. The van der Waals surface area contributed by atoms with Crippen molar-refractivity contribution < 1.29 is 23.5 Å². The van der Waals surface area contributed by atoms with Crippen molar-refractivity contribution in [2.24, 2.45) is 0 Å². The number of nitrogens with zero attached hydrogens (tertiary/aromatic N) is 1. The molecule has 0 unspecified atom stereocenters. The third kappa shape index (κ3) is 5.17. The highest BCUT2D eigenvalue weighted by atomic mass is 79.9. The molecule has 0 aliphatic carbocycles. The van der Waals surface area contributed by atoms with E-state index in [1.165, 1.54) is 12.2 Å². The van der Waals surface area contributed by atoms with Gasteiger partial charge >= 0.3 is 5.97 Å². The highest BCUT2D eigenvalue weighted by molar-refractivity contribution is 9.10. The van der Waals surface area contributed by atoms with Gasteiger partial charge in [-0.05, 0) is 54.1 Å². The molecular formula is C18H20BrNO5. The van der Waals surface area contributed by atoms with E-state index in [2.05, 4.69) is 15.9 Å². The van der Waals surface area contributed by atoms with E-state index in [1.807, 2.05) is 18.4 Å². The minimum Gasteiger partial charge on any atom is -0.454 e. The lowest BCUT2D eigenvalue weighted by atomic mass is 10.1. The van der Waals surface area contributed by atoms with Crippen LogP contribution in [0.25, 0.3) is 6.08 Å². The zero-order chi connectivity index (χ0) is 18.4. The topological polar surface area (TPSA) is 70.7 Å². The molecular weight excluding hydrogens is 390 g/mol.